The molecule has 0 aliphatic heterocycles. The predicted octanol–water partition coefficient (Wildman–Crippen LogP) is 1.62. The number of alkyl halides is 1. The molecular formula is C9H9BrN2O. The van der Waals surface area contributed by atoms with Gasteiger partial charge in [-0.15, -0.1) is 0 Å². The average Bonchev–Trinajstić information content (AvgIpc) is 2.17. The van der Waals surface area contributed by atoms with Gasteiger partial charge in [-0.2, -0.15) is 0 Å². The van der Waals surface area contributed by atoms with Crippen molar-refractivity contribution in [2.24, 2.45) is 0 Å². The summed E-state index contributed by atoms with van der Waals surface area (Å²) in [6.07, 6.45) is 3.29. The van der Waals surface area contributed by atoms with E-state index in [4.69, 9.17) is 4.74 Å². The van der Waals surface area contributed by atoms with Gasteiger partial charge in [0.1, 0.15) is 0 Å². The fraction of sp³-hybridized carbons (Fsp3) is 0.333. The Bertz CT molecular complexity index is 313. The van der Waals surface area contributed by atoms with Crippen molar-refractivity contribution in [3.8, 4) is 17.9 Å². The van der Waals surface area contributed by atoms with E-state index in [1.54, 1.807) is 12.4 Å². The van der Waals surface area contributed by atoms with Gasteiger partial charge in [0.05, 0.1) is 17.5 Å². The van der Waals surface area contributed by atoms with Crippen molar-refractivity contribution in [3.63, 3.8) is 0 Å². The highest BCUT2D eigenvalue weighted by molar-refractivity contribution is 9.09. The molecule has 0 radical (unpaired) electrons. The largest absolute Gasteiger partial charge is 0.464 e. The van der Waals surface area contributed by atoms with Crippen LogP contribution in [0.1, 0.15) is 12.5 Å². The van der Waals surface area contributed by atoms with Crippen molar-refractivity contribution in [2.45, 2.75) is 6.92 Å². The normalized spacial score (nSPS) is 8.77. The fourth-order valence-electron chi connectivity index (χ4n) is 0.720. The molecule has 1 aromatic heterocycles. The van der Waals surface area contributed by atoms with Crippen molar-refractivity contribution in [2.75, 3.05) is 11.9 Å². The van der Waals surface area contributed by atoms with Gasteiger partial charge < -0.3 is 4.74 Å². The first-order chi connectivity index (χ1) is 6.36. The van der Waals surface area contributed by atoms with E-state index in [2.05, 4.69) is 37.7 Å². The minimum atomic E-state index is 0.395. The van der Waals surface area contributed by atoms with Gasteiger partial charge in [-0.25, -0.2) is 9.97 Å². The lowest BCUT2D eigenvalue weighted by atomic mass is 10.3. The Kier molecular flexibility index (Phi) is 4.27. The summed E-state index contributed by atoms with van der Waals surface area (Å²) in [7, 11) is 0. The van der Waals surface area contributed by atoms with E-state index >= 15 is 0 Å². The molecule has 0 aromatic carbocycles. The molecule has 4 heteroatoms. The number of rotatable bonds is 2. The standard InChI is InChI=1S/C9H9BrN2O/c1-2-13-9-11-6-8(7-12-9)4-3-5-10/h6-7H,2,5H2,1H3. The van der Waals surface area contributed by atoms with Gasteiger partial charge in [0.2, 0.25) is 0 Å². The summed E-state index contributed by atoms with van der Waals surface area (Å²) in [4.78, 5) is 7.94. The van der Waals surface area contributed by atoms with Crippen LogP contribution in [0.25, 0.3) is 0 Å². The molecule has 0 atom stereocenters. The number of hydrogen-bond donors (Lipinski definition) is 0. The number of nitrogens with zero attached hydrogens (tertiary/aromatic N) is 2. The molecule has 1 rings (SSSR count). The Balaban J connectivity index is 2.69. The van der Waals surface area contributed by atoms with Crippen LogP contribution in [0.15, 0.2) is 12.4 Å². The second-order valence-electron chi connectivity index (χ2n) is 2.12. The average molecular weight is 241 g/mol. The van der Waals surface area contributed by atoms with Crippen LogP contribution in [0, 0.1) is 11.8 Å². The molecule has 0 spiro atoms. The van der Waals surface area contributed by atoms with Crippen molar-refractivity contribution < 1.29 is 4.74 Å². The van der Waals surface area contributed by atoms with Crippen LogP contribution in [0.2, 0.25) is 0 Å². The Morgan fingerprint density at radius 2 is 2.15 bits per heavy atom. The van der Waals surface area contributed by atoms with Crippen LogP contribution in [-0.4, -0.2) is 21.9 Å². The van der Waals surface area contributed by atoms with E-state index in [0.29, 0.717) is 17.9 Å². The van der Waals surface area contributed by atoms with Gasteiger partial charge in [0.15, 0.2) is 0 Å². The highest BCUT2D eigenvalue weighted by Gasteiger charge is 1.93. The molecule has 68 valence electrons. The van der Waals surface area contributed by atoms with Crippen LogP contribution in [0.3, 0.4) is 0 Å². The minimum Gasteiger partial charge on any atom is -0.464 e. The van der Waals surface area contributed by atoms with E-state index in [9.17, 15) is 0 Å². The van der Waals surface area contributed by atoms with Crippen molar-refractivity contribution >= 4 is 15.9 Å². The molecule has 0 aliphatic rings. The molecule has 0 bridgehead atoms. The van der Waals surface area contributed by atoms with Crippen LogP contribution in [0.4, 0.5) is 0 Å². The zero-order valence-corrected chi connectivity index (χ0v) is 8.84. The molecule has 0 saturated carbocycles. The highest BCUT2D eigenvalue weighted by atomic mass is 79.9. The lowest BCUT2D eigenvalue weighted by Crippen LogP contribution is -1.96. The lowest BCUT2D eigenvalue weighted by molar-refractivity contribution is 0.312. The summed E-state index contributed by atoms with van der Waals surface area (Å²) >= 11 is 3.21. The van der Waals surface area contributed by atoms with Gasteiger partial charge in [0.25, 0.3) is 0 Å². The second-order valence-corrected chi connectivity index (χ2v) is 2.68. The number of hydrogen-bond acceptors (Lipinski definition) is 3. The third kappa shape index (κ3) is 3.43. The molecule has 0 aliphatic carbocycles. The molecule has 13 heavy (non-hydrogen) atoms. The summed E-state index contributed by atoms with van der Waals surface area (Å²) in [5, 5.41) is 0.653. The Hall–Kier alpha value is -1.08. The molecule has 0 unspecified atom stereocenters. The molecule has 0 saturated heterocycles. The maximum atomic E-state index is 5.09. The van der Waals surface area contributed by atoms with Crippen molar-refractivity contribution in [1.29, 1.82) is 0 Å². The summed E-state index contributed by atoms with van der Waals surface area (Å²) in [6, 6.07) is 0.395. The van der Waals surface area contributed by atoms with Crippen LogP contribution < -0.4 is 4.74 Å². The van der Waals surface area contributed by atoms with E-state index in [0.717, 1.165) is 5.56 Å². The zero-order chi connectivity index (χ0) is 9.52. The van der Waals surface area contributed by atoms with Gasteiger partial charge in [-0.1, -0.05) is 27.8 Å². The first kappa shape index (κ1) is 10.0. The third-order valence-corrected chi connectivity index (χ3v) is 1.48. The number of halogens is 1. The second kappa shape index (κ2) is 5.55. The monoisotopic (exact) mass is 240 g/mol. The minimum absolute atomic E-state index is 0.395. The van der Waals surface area contributed by atoms with E-state index < -0.39 is 0 Å². The molecule has 1 heterocycles. The third-order valence-electron chi connectivity index (χ3n) is 1.20. The molecule has 1 aromatic rings. The van der Waals surface area contributed by atoms with Crippen LogP contribution in [0.5, 0.6) is 6.01 Å². The predicted molar refractivity (Wildman–Crippen MR) is 53.9 cm³/mol. The smallest absolute Gasteiger partial charge is 0.316 e. The SMILES string of the molecule is CCOc1ncc(C#CCBr)cn1. The van der Waals surface area contributed by atoms with Crippen molar-refractivity contribution in [3.05, 3.63) is 18.0 Å². The Morgan fingerprint density at radius 3 is 2.69 bits per heavy atom. The van der Waals surface area contributed by atoms with E-state index in [1.807, 2.05) is 6.92 Å². The Morgan fingerprint density at radius 1 is 1.46 bits per heavy atom. The lowest BCUT2D eigenvalue weighted by Gasteiger charge is -1.98. The maximum Gasteiger partial charge on any atom is 0.316 e. The van der Waals surface area contributed by atoms with Gasteiger partial charge in [-0.05, 0) is 6.92 Å². The zero-order valence-electron chi connectivity index (χ0n) is 7.25. The van der Waals surface area contributed by atoms with Gasteiger partial charge >= 0.3 is 6.01 Å². The fourth-order valence-corrected chi connectivity index (χ4v) is 0.860. The first-order valence-electron chi connectivity index (χ1n) is 3.86. The van der Waals surface area contributed by atoms with E-state index in [1.165, 1.54) is 0 Å². The topological polar surface area (TPSA) is 35.0 Å². The first-order valence-corrected chi connectivity index (χ1v) is 4.98. The van der Waals surface area contributed by atoms with Gasteiger partial charge in [-0.3, -0.25) is 0 Å². The van der Waals surface area contributed by atoms with E-state index in [-0.39, 0.29) is 0 Å². The molecular weight excluding hydrogens is 232 g/mol. The number of ether oxygens (including phenoxy) is 1. The van der Waals surface area contributed by atoms with Crippen LogP contribution in [-0.2, 0) is 0 Å². The summed E-state index contributed by atoms with van der Waals surface area (Å²) < 4.78 is 5.09. The van der Waals surface area contributed by atoms with Crippen LogP contribution >= 0.6 is 15.9 Å². The Labute approximate surface area is 85.7 Å². The summed E-state index contributed by atoms with van der Waals surface area (Å²) in [6.45, 7) is 2.47. The van der Waals surface area contributed by atoms with Crippen molar-refractivity contribution in [1.82, 2.24) is 9.97 Å². The molecule has 3 nitrogen and oxygen atoms in total. The molecule has 0 fully saturated rings. The number of aromatic nitrogens is 2. The highest BCUT2D eigenvalue weighted by Crippen LogP contribution is 2.00. The summed E-state index contributed by atoms with van der Waals surface area (Å²) in [5.74, 6) is 5.75. The maximum absolute atomic E-state index is 5.09. The quantitative estimate of drug-likeness (QED) is 0.583. The summed E-state index contributed by atoms with van der Waals surface area (Å²) in [5.41, 5.74) is 0.794. The molecule has 0 N–H and O–H groups in total. The van der Waals surface area contributed by atoms with Gasteiger partial charge in [0, 0.05) is 12.4 Å². The molecule has 0 amide bonds.